The smallest absolute Gasteiger partial charge is 0.223 e. The third kappa shape index (κ3) is 7.40. The molecule has 36 heavy (non-hydrogen) atoms. The van der Waals surface area contributed by atoms with Crippen molar-refractivity contribution in [1.29, 1.82) is 0 Å². The van der Waals surface area contributed by atoms with Gasteiger partial charge in [0.15, 0.2) is 0 Å². The molecule has 0 aliphatic carbocycles. The van der Waals surface area contributed by atoms with Crippen molar-refractivity contribution in [3.63, 3.8) is 0 Å². The first-order chi connectivity index (χ1) is 17.5. The monoisotopic (exact) mass is 553 g/mol. The molecule has 1 aliphatic heterocycles. The number of hydrogen-bond donors (Lipinski definition) is 0. The van der Waals surface area contributed by atoms with Crippen LogP contribution in [-0.4, -0.2) is 62.6 Å². The lowest BCUT2D eigenvalue weighted by molar-refractivity contribution is -0.139. The summed E-state index contributed by atoms with van der Waals surface area (Å²) in [5, 5.41) is 4.09. The van der Waals surface area contributed by atoms with Gasteiger partial charge in [0.1, 0.15) is 24.5 Å². The van der Waals surface area contributed by atoms with E-state index in [4.69, 9.17) is 4.74 Å². The molecule has 3 aromatic rings. The maximum Gasteiger partial charge on any atom is 0.223 e. The predicted octanol–water partition coefficient (Wildman–Crippen LogP) is 4.17. The summed E-state index contributed by atoms with van der Waals surface area (Å²) in [5.74, 6) is 0.818. The standard InChI is InChI=1S/C27H32BrN5O3/c1-31(17-21-7-3-2-4-8-21)27(35)15-22-18-32(26(34)11-6-13-33-20-29-19-30-33)14-12-25(22)36-24-10-5-9-23(28)16-24/h2-5,7-10,16,19-20,22,25H,6,11-15,17-18H2,1H3/t22-,25-/m0/s1. The molecule has 8 nitrogen and oxygen atoms in total. The Balaban J connectivity index is 1.39. The molecule has 0 bridgehead atoms. The zero-order chi connectivity index (χ0) is 25.3. The highest BCUT2D eigenvalue weighted by atomic mass is 79.9. The van der Waals surface area contributed by atoms with E-state index in [1.807, 2.05) is 66.5 Å². The lowest BCUT2D eigenvalue weighted by Gasteiger charge is -2.39. The predicted molar refractivity (Wildman–Crippen MR) is 140 cm³/mol. The number of carbonyl (C=O) groups is 2. The maximum atomic E-state index is 13.2. The average molecular weight is 554 g/mol. The van der Waals surface area contributed by atoms with E-state index in [9.17, 15) is 9.59 Å². The summed E-state index contributed by atoms with van der Waals surface area (Å²) in [5.41, 5.74) is 1.09. The summed E-state index contributed by atoms with van der Waals surface area (Å²) in [7, 11) is 1.83. The summed E-state index contributed by atoms with van der Waals surface area (Å²) in [6.45, 7) is 2.33. The molecule has 2 heterocycles. The van der Waals surface area contributed by atoms with Gasteiger partial charge in [0, 0.05) is 62.9 Å². The Kier molecular flexibility index (Phi) is 9.11. The topological polar surface area (TPSA) is 80.6 Å². The Hall–Kier alpha value is -3.20. The highest BCUT2D eigenvalue weighted by Crippen LogP contribution is 2.28. The molecular weight excluding hydrogens is 522 g/mol. The molecular formula is C27H32BrN5O3. The average Bonchev–Trinajstić information content (AvgIpc) is 3.39. The number of carbonyl (C=O) groups excluding carboxylic acids is 2. The Morgan fingerprint density at radius 3 is 2.75 bits per heavy atom. The molecule has 190 valence electrons. The third-order valence-electron chi connectivity index (χ3n) is 6.47. The summed E-state index contributed by atoms with van der Waals surface area (Å²) < 4.78 is 9.02. The van der Waals surface area contributed by atoms with Gasteiger partial charge in [0.05, 0.1) is 0 Å². The van der Waals surface area contributed by atoms with Crippen LogP contribution < -0.4 is 4.74 Å². The Labute approximate surface area is 220 Å². The molecule has 2 aromatic carbocycles. The minimum absolute atomic E-state index is 0.0483. The summed E-state index contributed by atoms with van der Waals surface area (Å²) >= 11 is 3.50. The van der Waals surface area contributed by atoms with Crippen LogP contribution >= 0.6 is 15.9 Å². The summed E-state index contributed by atoms with van der Waals surface area (Å²) in [4.78, 5) is 33.8. The molecule has 1 aromatic heterocycles. The first kappa shape index (κ1) is 25.9. The van der Waals surface area contributed by atoms with Crippen molar-refractivity contribution in [2.75, 3.05) is 20.1 Å². The van der Waals surface area contributed by atoms with Gasteiger partial charge in [-0.25, -0.2) is 4.98 Å². The molecule has 0 unspecified atom stereocenters. The van der Waals surface area contributed by atoms with Crippen molar-refractivity contribution in [2.24, 2.45) is 5.92 Å². The summed E-state index contributed by atoms with van der Waals surface area (Å²) in [6, 6.07) is 17.7. The number of amides is 2. The fourth-order valence-corrected chi connectivity index (χ4v) is 4.91. The number of benzene rings is 2. The number of hydrogen-bond acceptors (Lipinski definition) is 5. The fourth-order valence-electron chi connectivity index (χ4n) is 4.53. The molecule has 1 aliphatic rings. The largest absolute Gasteiger partial charge is 0.490 e. The molecule has 2 amide bonds. The van der Waals surface area contributed by atoms with Crippen molar-refractivity contribution in [2.45, 2.75) is 44.9 Å². The number of ether oxygens (including phenoxy) is 1. The van der Waals surface area contributed by atoms with Crippen LogP contribution in [0.4, 0.5) is 0 Å². The molecule has 9 heteroatoms. The lowest BCUT2D eigenvalue weighted by Crippen LogP contribution is -2.49. The van der Waals surface area contributed by atoms with Crippen molar-refractivity contribution >= 4 is 27.7 Å². The number of piperidine rings is 1. The van der Waals surface area contributed by atoms with Crippen molar-refractivity contribution in [3.8, 4) is 5.75 Å². The second-order valence-electron chi connectivity index (χ2n) is 9.20. The highest BCUT2D eigenvalue weighted by Gasteiger charge is 2.35. The van der Waals surface area contributed by atoms with E-state index in [1.165, 1.54) is 6.33 Å². The van der Waals surface area contributed by atoms with Gasteiger partial charge in [0.25, 0.3) is 0 Å². The fraction of sp³-hybridized carbons (Fsp3) is 0.407. The SMILES string of the molecule is CN(Cc1ccccc1)C(=O)C[C@H]1CN(C(=O)CCCn2cncn2)CC[C@@H]1Oc1cccc(Br)c1. The van der Waals surface area contributed by atoms with Crippen LogP contribution in [0.15, 0.2) is 71.7 Å². The van der Waals surface area contributed by atoms with Crippen LogP contribution in [0, 0.1) is 5.92 Å². The van der Waals surface area contributed by atoms with Gasteiger partial charge in [-0.05, 0) is 30.2 Å². The third-order valence-corrected chi connectivity index (χ3v) is 6.96. The first-order valence-corrected chi connectivity index (χ1v) is 13.1. The van der Waals surface area contributed by atoms with Gasteiger partial charge in [-0.3, -0.25) is 14.3 Å². The van der Waals surface area contributed by atoms with Crippen LogP contribution in [0.2, 0.25) is 0 Å². The van der Waals surface area contributed by atoms with E-state index in [0.29, 0.717) is 51.9 Å². The number of nitrogens with zero attached hydrogens (tertiary/aromatic N) is 5. The van der Waals surface area contributed by atoms with E-state index in [0.717, 1.165) is 15.8 Å². The number of rotatable bonds is 10. The van der Waals surface area contributed by atoms with E-state index in [1.54, 1.807) is 15.9 Å². The first-order valence-electron chi connectivity index (χ1n) is 12.3. The molecule has 0 radical (unpaired) electrons. The van der Waals surface area contributed by atoms with E-state index >= 15 is 0 Å². The minimum atomic E-state index is -0.146. The van der Waals surface area contributed by atoms with Crippen LogP contribution in [0.3, 0.4) is 0 Å². The van der Waals surface area contributed by atoms with Crippen molar-refractivity contribution < 1.29 is 14.3 Å². The maximum absolute atomic E-state index is 13.2. The van der Waals surface area contributed by atoms with Crippen LogP contribution in [-0.2, 0) is 22.7 Å². The Morgan fingerprint density at radius 1 is 1.17 bits per heavy atom. The van der Waals surface area contributed by atoms with Crippen molar-refractivity contribution in [1.82, 2.24) is 24.6 Å². The number of aromatic nitrogens is 3. The molecule has 1 saturated heterocycles. The lowest BCUT2D eigenvalue weighted by atomic mass is 9.90. The second kappa shape index (κ2) is 12.7. The van der Waals surface area contributed by atoms with Gasteiger partial charge in [0.2, 0.25) is 11.8 Å². The number of likely N-dealkylation sites (tertiary alicyclic amines) is 1. The van der Waals surface area contributed by atoms with Crippen molar-refractivity contribution in [3.05, 3.63) is 77.3 Å². The minimum Gasteiger partial charge on any atom is -0.490 e. The van der Waals surface area contributed by atoms with Gasteiger partial charge in [-0.1, -0.05) is 52.3 Å². The van der Waals surface area contributed by atoms with E-state index in [2.05, 4.69) is 26.0 Å². The van der Waals surface area contributed by atoms with Gasteiger partial charge >= 0.3 is 0 Å². The van der Waals surface area contributed by atoms with Crippen LogP contribution in [0.1, 0.15) is 31.2 Å². The molecule has 0 saturated carbocycles. The number of aryl methyl sites for hydroxylation is 1. The van der Waals surface area contributed by atoms with E-state index < -0.39 is 0 Å². The Morgan fingerprint density at radius 2 is 2.00 bits per heavy atom. The molecule has 0 spiro atoms. The van der Waals surface area contributed by atoms with E-state index in [-0.39, 0.29) is 23.8 Å². The Bertz CT molecular complexity index is 1130. The second-order valence-corrected chi connectivity index (χ2v) is 10.1. The van der Waals surface area contributed by atoms with Crippen LogP contribution in [0.25, 0.3) is 0 Å². The molecule has 0 N–H and O–H groups in total. The quantitative estimate of drug-likeness (QED) is 0.376. The summed E-state index contributed by atoms with van der Waals surface area (Å²) in [6.07, 6.45) is 5.14. The van der Waals surface area contributed by atoms with Gasteiger partial charge in [-0.2, -0.15) is 5.10 Å². The highest BCUT2D eigenvalue weighted by molar-refractivity contribution is 9.10. The normalized spacial score (nSPS) is 17.6. The zero-order valence-electron chi connectivity index (χ0n) is 20.5. The van der Waals surface area contributed by atoms with Gasteiger partial charge in [-0.15, -0.1) is 0 Å². The molecule has 4 rings (SSSR count). The van der Waals surface area contributed by atoms with Gasteiger partial charge < -0.3 is 14.5 Å². The molecule has 1 fully saturated rings. The number of halogens is 1. The van der Waals surface area contributed by atoms with Crippen LogP contribution in [0.5, 0.6) is 5.75 Å². The molecule has 2 atom stereocenters. The zero-order valence-corrected chi connectivity index (χ0v) is 22.1.